The van der Waals surface area contributed by atoms with Gasteiger partial charge in [-0.1, -0.05) is 0 Å². The molecule has 1 unspecified atom stereocenters. The molecule has 1 heteroatoms. The van der Waals surface area contributed by atoms with Gasteiger partial charge in [-0.3, -0.25) is 0 Å². The molecular weight excluding hydrogens is 88.1 g/mol. The highest BCUT2D eigenvalue weighted by atomic mass is 16.5. The Hall–Kier alpha value is -0.0400. The number of hydrogen-bond donors (Lipinski definition) is 0. The third-order valence-corrected chi connectivity index (χ3v) is 1.92. The van der Waals surface area contributed by atoms with Gasteiger partial charge in [0.2, 0.25) is 0 Å². The van der Waals surface area contributed by atoms with E-state index in [1.54, 1.807) is 0 Å². The third kappa shape index (κ3) is 0.480. The minimum Gasteiger partial charge on any atom is -0.381 e. The van der Waals surface area contributed by atoms with Gasteiger partial charge in [-0.25, -0.2) is 0 Å². The van der Waals surface area contributed by atoms with E-state index >= 15 is 0 Å². The molecule has 0 N–H and O–H groups in total. The predicted octanol–water partition coefficient (Wildman–Crippen LogP) is 1.00. The zero-order valence-electron chi connectivity index (χ0n) is 4.31. The first kappa shape index (κ1) is 3.90. The molecule has 1 nitrogen and oxygen atoms in total. The molecule has 1 aliphatic carbocycles. The van der Waals surface area contributed by atoms with Crippen LogP contribution in [0.1, 0.15) is 12.8 Å². The zero-order chi connectivity index (χ0) is 4.74. The lowest BCUT2D eigenvalue weighted by Crippen LogP contribution is -1.95. The number of rotatable bonds is 0. The van der Waals surface area contributed by atoms with E-state index in [9.17, 15) is 0 Å². The summed E-state index contributed by atoms with van der Waals surface area (Å²) in [5.74, 6) is 0. The molecule has 1 atom stereocenters. The standard InChI is InChI=1S/C6H9O/c1-2-6(1)3-4-7-5-6/h1H,2-5H2. The number of hydrogen-bond acceptors (Lipinski definition) is 1. The topological polar surface area (TPSA) is 9.23 Å². The van der Waals surface area contributed by atoms with Gasteiger partial charge in [0.25, 0.3) is 0 Å². The maximum Gasteiger partial charge on any atom is 0.0526 e. The van der Waals surface area contributed by atoms with E-state index in [0.717, 1.165) is 13.2 Å². The summed E-state index contributed by atoms with van der Waals surface area (Å²) in [6.45, 7) is 2.00. The predicted molar refractivity (Wildman–Crippen MR) is 26.8 cm³/mol. The van der Waals surface area contributed by atoms with Gasteiger partial charge in [0.1, 0.15) is 0 Å². The van der Waals surface area contributed by atoms with Gasteiger partial charge in [-0.15, -0.1) is 0 Å². The van der Waals surface area contributed by atoms with Crippen molar-refractivity contribution in [2.75, 3.05) is 13.2 Å². The molecule has 0 aromatic rings. The first-order valence-electron chi connectivity index (χ1n) is 2.83. The van der Waals surface area contributed by atoms with Gasteiger partial charge in [-0.05, 0) is 24.7 Å². The first-order valence-corrected chi connectivity index (χ1v) is 2.83. The SMILES string of the molecule is [CH]1CC12CCOC2. The van der Waals surface area contributed by atoms with E-state index < -0.39 is 0 Å². The van der Waals surface area contributed by atoms with Crippen LogP contribution in [0.2, 0.25) is 0 Å². The molecule has 1 saturated heterocycles. The smallest absolute Gasteiger partial charge is 0.0526 e. The Bertz CT molecular complexity index is 76.2. The largest absolute Gasteiger partial charge is 0.381 e. The van der Waals surface area contributed by atoms with E-state index in [0.29, 0.717) is 5.41 Å². The van der Waals surface area contributed by atoms with Crippen LogP contribution in [0.5, 0.6) is 0 Å². The second kappa shape index (κ2) is 1.03. The molecule has 39 valence electrons. The summed E-state index contributed by atoms with van der Waals surface area (Å²) in [7, 11) is 0. The van der Waals surface area contributed by atoms with Gasteiger partial charge in [0.15, 0.2) is 0 Å². The Kier molecular flexibility index (Phi) is 0.571. The minimum atomic E-state index is 0.597. The van der Waals surface area contributed by atoms with Crippen LogP contribution in [0, 0.1) is 11.8 Å². The maximum absolute atomic E-state index is 5.19. The van der Waals surface area contributed by atoms with Crippen molar-refractivity contribution in [1.29, 1.82) is 0 Å². The minimum absolute atomic E-state index is 0.597. The maximum atomic E-state index is 5.19. The van der Waals surface area contributed by atoms with Crippen LogP contribution >= 0.6 is 0 Å². The van der Waals surface area contributed by atoms with Gasteiger partial charge in [-0.2, -0.15) is 0 Å². The Morgan fingerprint density at radius 3 is 2.71 bits per heavy atom. The quantitative estimate of drug-likeness (QED) is 0.438. The Morgan fingerprint density at radius 2 is 2.43 bits per heavy atom. The fourth-order valence-corrected chi connectivity index (χ4v) is 1.09. The van der Waals surface area contributed by atoms with Crippen LogP contribution in [-0.2, 0) is 4.74 Å². The highest BCUT2D eigenvalue weighted by Crippen LogP contribution is 2.50. The van der Waals surface area contributed by atoms with Crippen LogP contribution in [0.25, 0.3) is 0 Å². The summed E-state index contributed by atoms with van der Waals surface area (Å²) >= 11 is 0. The zero-order valence-corrected chi connectivity index (χ0v) is 4.31. The van der Waals surface area contributed by atoms with Crippen LogP contribution in [0.15, 0.2) is 0 Å². The van der Waals surface area contributed by atoms with Crippen LogP contribution in [0.3, 0.4) is 0 Å². The molecule has 2 aliphatic rings. The normalized spacial score (nSPS) is 34.3. The Balaban J connectivity index is 2.07. The summed E-state index contributed by atoms with van der Waals surface area (Å²) in [4.78, 5) is 0. The van der Waals surface area contributed by atoms with Gasteiger partial charge in [0.05, 0.1) is 6.61 Å². The average molecular weight is 97.1 g/mol. The molecule has 0 bridgehead atoms. The molecule has 1 heterocycles. The third-order valence-electron chi connectivity index (χ3n) is 1.92. The molecule has 0 amide bonds. The molecule has 1 saturated carbocycles. The van der Waals surface area contributed by atoms with Gasteiger partial charge < -0.3 is 4.74 Å². The fraction of sp³-hybridized carbons (Fsp3) is 0.833. The van der Waals surface area contributed by atoms with Crippen molar-refractivity contribution in [3.05, 3.63) is 6.42 Å². The molecule has 0 aromatic carbocycles. The Morgan fingerprint density at radius 1 is 1.57 bits per heavy atom. The van der Waals surface area contributed by atoms with Crippen molar-refractivity contribution < 1.29 is 4.74 Å². The lowest BCUT2D eigenvalue weighted by atomic mass is 10.1. The van der Waals surface area contributed by atoms with Crippen molar-refractivity contribution in [3.63, 3.8) is 0 Å². The second-order valence-electron chi connectivity index (χ2n) is 2.57. The summed E-state index contributed by atoms with van der Waals surface area (Å²) in [6, 6.07) is 0. The summed E-state index contributed by atoms with van der Waals surface area (Å²) in [6.07, 6.45) is 4.96. The van der Waals surface area contributed by atoms with Crippen molar-refractivity contribution in [2.45, 2.75) is 12.8 Å². The molecular formula is C6H9O. The van der Waals surface area contributed by atoms with Crippen LogP contribution < -0.4 is 0 Å². The van der Waals surface area contributed by atoms with Gasteiger partial charge >= 0.3 is 0 Å². The van der Waals surface area contributed by atoms with Crippen molar-refractivity contribution in [2.24, 2.45) is 5.41 Å². The average Bonchev–Trinajstić information content (AvgIpc) is 2.15. The van der Waals surface area contributed by atoms with E-state index in [1.807, 2.05) is 0 Å². The lowest BCUT2D eigenvalue weighted by molar-refractivity contribution is 0.184. The number of ether oxygens (including phenoxy) is 1. The first-order chi connectivity index (χ1) is 3.41. The second-order valence-corrected chi connectivity index (χ2v) is 2.57. The van der Waals surface area contributed by atoms with Crippen molar-refractivity contribution in [1.82, 2.24) is 0 Å². The van der Waals surface area contributed by atoms with Crippen LogP contribution in [-0.4, -0.2) is 13.2 Å². The lowest BCUT2D eigenvalue weighted by Gasteiger charge is -1.95. The molecule has 1 spiro atoms. The molecule has 1 aliphatic heterocycles. The molecule has 7 heavy (non-hydrogen) atoms. The molecule has 2 fully saturated rings. The van der Waals surface area contributed by atoms with Crippen molar-refractivity contribution >= 4 is 0 Å². The highest BCUT2D eigenvalue weighted by molar-refractivity contribution is 5.11. The molecule has 1 radical (unpaired) electrons. The van der Waals surface area contributed by atoms with E-state index in [-0.39, 0.29) is 0 Å². The summed E-state index contributed by atoms with van der Waals surface area (Å²) in [5.41, 5.74) is 0.597. The molecule has 0 aromatic heterocycles. The monoisotopic (exact) mass is 97.1 g/mol. The van der Waals surface area contributed by atoms with Crippen molar-refractivity contribution in [3.8, 4) is 0 Å². The summed E-state index contributed by atoms with van der Waals surface area (Å²) < 4.78 is 5.19. The van der Waals surface area contributed by atoms with E-state index in [4.69, 9.17) is 4.74 Å². The van der Waals surface area contributed by atoms with E-state index in [1.165, 1.54) is 12.8 Å². The van der Waals surface area contributed by atoms with Crippen LogP contribution in [0.4, 0.5) is 0 Å². The fourth-order valence-electron chi connectivity index (χ4n) is 1.09. The van der Waals surface area contributed by atoms with Gasteiger partial charge in [0, 0.05) is 6.61 Å². The highest BCUT2D eigenvalue weighted by Gasteiger charge is 2.45. The molecule has 2 rings (SSSR count). The van der Waals surface area contributed by atoms with E-state index in [2.05, 4.69) is 6.42 Å². The Labute approximate surface area is 43.7 Å². The summed E-state index contributed by atoms with van der Waals surface area (Å²) in [5, 5.41) is 0.